The van der Waals surface area contributed by atoms with Gasteiger partial charge in [0.15, 0.2) is 4.34 Å². The van der Waals surface area contributed by atoms with Gasteiger partial charge in [0, 0.05) is 23.0 Å². The van der Waals surface area contributed by atoms with E-state index >= 15 is 0 Å². The zero-order valence-corrected chi connectivity index (χ0v) is 12.3. The molecule has 1 aromatic heterocycles. The average Bonchev–Trinajstić information content (AvgIpc) is 2.89. The summed E-state index contributed by atoms with van der Waals surface area (Å²) in [6.07, 6.45) is -2.71. The highest BCUT2D eigenvalue weighted by Crippen LogP contribution is 2.37. The van der Waals surface area contributed by atoms with Crippen molar-refractivity contribution in [2.24, 2.45) is 0 Å². The minimum Gasteiger partial charge on any atom is -0.313 e. The Labute approximate surface area is 123 Å². The molecule has 1 heterocycles. The molecule has 0 unspecified atom stereocenters. The van der Waals surface area contributed by atoms with Crippen molar-refractivity contribution in [3.05, 3.63) is 40.9 Å². The second-order valence-electron chi connectivity index (χ2n) is 4.00. The molecule has 0 atom stereocenters. The van der Waals surface area contributed by atoms with E-state index in [4.69, 9.17) is 0 Å². The molecule has 1 N–H and O–H groups in total. The summed E-state index contributed by atoms with van der Waals surface area (Å²) >= 11 is 2.65. The van der Waals surface area contributed by atoms with Crippen LogP contribution < -0.4 is 5.32 Å². The summed E-state index contributed by atoms with van der Waals surface area (Å²) in [5, 5.41) is 4.72. The molecule has 2 nitrogen and oxygen atoms in total. The first-order chi connectivity index (χ1) is 9.50. The summed E-state index contributed by atoms with van der Waals surface area (Å²) in [6.45, 7) is 2.71. The van der Waals surface area contributed by atoms with Crippen LogP contribution in [-0.2, 0) is 12.7 Å². The molecule has 0 fully saturated rings. The highest BCUT2D eigenvalue weighted by Gasteiger charge is 2.33. The predicted molar refractivity (Wildman–Crippen MR) is 75.1 cm³/mol. The van der Waals surface area contributed by atoms with Crippen LogP contribution in [0.3, 0.4) is 0 Å². The lowest BCUT2D eigenvalue weighted by molar-refractivity contribution is -0.138. The normalized spacial score (nSPS) is 11.8. The fourth-order valence-electron chi connectivity index (χ4n) is 1.66. The molecule has 0 spiro atoms. The third-order valence-corrected chi connectivity index (χ3v) is 4.44. The zero-order valence-electron chi connectivity index (χ0n) is 10.7. The number of hydrogen-bond donors (Lipinski definition) is 1. The summed E-state index contributed by atoms with van der Waals surface area (Å²) in [7, 11) is 0. The Bertz CT molecular complexity index is 553. The summed E-state index contributed by atoms with van der Waals surface area (Å²) in [6, 6.07) is 4.42. The van der Waals surface area contributed by atoms with Crippen LogP contribution in [0.5, 0.6) is 0 Å². The van der Waals surface area contributed by atoms with Gasteiger partial charge in [-0.2, -0.15) is 13.2 Å². The van der Waals surface area contributed by atoms with Gasteiger partial charge in [-0.05, 0) is 24.2 Å². The summed E-state index contributed by atoms with van der Waals surface area (Å²) < 4.78 is 40.0. The Kier molecular flexibility index (Phi) is 5.06. The van der Waals surface area contributed by atoms with Crippen LogP contribution in [0.15, 0.2) is 39.0 Å². The van der Waals surface area contributed by atoms with Crippen molar-refractivity contribution in [2.45, 2.75) is 28.9 Å². The van der Waals surface area contributed by atoms with Gasteiger partial charge in [0.2, 0.25) is 0 Å². The second-order valence-corrected chi connectivity index (χ2v) is 6.21. The van der Waals surface area contributed by atoms with E-state index in [9.17, 15) is 13.2 Å². The first-order valence-electron chi connectivity index (χ1n) is 5.99. The Morgan fingerprint density at radius 1 is 1.35 bits per heavy atom. The van der Waals surface area contributed by atoms with Gasteiger partial charge < -0.3 is 5.32 Å². The minimum absolute atomic E-state index is 0.216. The van der Waals surface area contributed by atoms with E-state index in [0.717, 1.165) is 4.34 Å². The molecule has 2 rings (SSSR count). The molecule has 20 heavy (non-hydrogen) atoms. The van der Waals surface area contributed by atoms with Crippen LogP contribution in [0.4, 0.5) is 13.2 Å². The van der Waals surface area contributed by atoms with Gasteiger partial charge in [0.1, 0.15) is 0 Å². The Morgan fingerprint density at radius 3 is 2.75 bits per heavy atom. The van der Waals surface area contributed by atoms with Crippen molar-refractivity contribution in [3.8, 4) is 0 Å². The van der Waals surface area contributed by atoms with E-state index in [1.807, 2.05) is 6.92 Å². The molecular weight excluding hydrogens is 305 g/mol. The predicted octanol–water partition coefficient (Wildman–Crippen LogP) is 4.42. The summed E-state index contributed by atoms with van der Waals surface area (Å²) in [4.78, 5) is 4.61. The minimum atomic E-state index is -4.34. The van der Waals surface area contributed by atoms with E-state index in [2.05, 4.69) is 10.3 Å². The molecule has 7 heteroatoms. The number of nitrogens with zero attached hydrogens (tertiary/aromatic N) is 1. The van der Waals surface area contributed by atoms with Crippen LogP contribution in [0.2, 0.25) is 0 Å². The highest BCUT2D eigenvalue weighted by atomic mass is 32.2. The molecule has 0 saturated carbocycles. The van der Waals surface area contributed by atoms with Crippen molar-refractivity contribution in [1.29, 1.82) is 0 Å². The molecule has 1 aromatic carbocycles. The number of nitrogens with one attached hydrogen (secondary N) is 1. The van der Waals surface area contributed by atoms with Crippen LogP contribution in [0.25, 0.3) is 0 Å². The third kappa shape index (κ3) is 3.97. The highest BCUT2D eigenvalue weighted by molar-refractivity contribution is 8.01. The van der Waals surface area contributed by atoms with E-state index < -0.39 is 11.7 Å². The zero-order chi connectivity index (χ0) is 14.6. The molecule has 0 aliphatic carbocycles. The number of alkyl halides is 3. The van der Waals surface area contributed by atoms with Crippen molar-refractivity contribution in [3.63, 3.8) is 0 Å². The first-order valence-corrected chi connectivity index (χ1v) is 7.68. The largest absolute Gasteiger partial charge is 0.416 e. The maximum Gasteiger partial charge on any atom is 0.416 e. The Hall–Kier alpha value is -1.05. The van der Waals surface area contributed by atoms with Crippen molar-refractivity contribution in [2.75, 3.05) is 6.54 Å². The standard InChI is InChI=1S/C13H13F3N2S2/c1-2-17-8-9-3-4-10(7-11(9)13(14,15)16)20-12-18-5-6-19-12/h3-7,17H,2,8H2,1H3. The topological polar surface area (TPSA) is 24.9 Å². The third-order valence-electron chi connectivity index (χ3n) is 2.57. The average molecular weight is 318 g/mol. The number of halogens is 3. The van der Waals surface area contributed by atoms with E-state index in [-0.39, 0.29) is 12.1 Å². The molecule has 0 aliphatic rings. The van der Waals surface area contributed by atoms with E-state index in [0.29, 0.717) is 11.4 Å². The molecule has 108 valence electrons. The van der Waals surface area contributed by atoms with Gasteiger partial charge in [-0.3, -0.25) is 0 Å². The second kappa shape index (κ2) is 6.60. The fourth-order valence-corrected chi connectivity index (χ4v) is 3.29. The Balaban J connectivity index is 2.28. The van der Waals surface area contributed by atoms with Gasteiger partial charge in [-0.1, -0.05) is 24.8 Å². The number of hydrogen-bond acceptors (Lipinski definition) is 4. The quantitative estimate of drug-likeness (QED) is 0.883. The first kappa shape index (κ1) is 15.3. The van der Waals surface area contributed by atoms with Gasteiger partial charge in [-0.25, -0.2) is 4.98 Å². The SMILES string of the molecule is CCNCc1ccc(Sc2nccs2)cc1C(F)(F)F. The number of benzene rings is 1. The lowest BCUT2D eigenvalue weighted by Gasteiger charge is -2.14. The molecule has 0 aliphatic heterocycles. The van der Waals surface area contributed by atoms with E-state index in [1.165, 1.54) is 35.2 Å². The van der Waals surface area contributed by atoms with Crippen molar-refractivity contribution < 1.29 is 13.2 Å². The Morgan fingerprint density at radius 2 is 2.15 bits per heavy atom. The smallest absolute Gasteiger partial charge is 0.313 e. The molecule has 0 bridgehead atoms. The molecule has 0 amide bonds. The van der Waals surface area contributed by atoms with Gasteiger partial charge >= 0.3 is 6.18 Å². The van der Waals surface area contributed by atoms with E-state index in [1.54, 1.807) is 17.6 Å². The lowest BCUT2D eigenvalue weighted by Crippen LogP contribution is -2.17. The van der Waals surface area contributed by atoms with Crippen molar-refractivity contribution in [1.82, 2.24) is 10.3 Å². The number of aromatic nitrogens is 1. The molecule has 0 radical (unpaired) electrons. The summed E-state index contributed by atoms with van der Waals surface area (Å²) in [5.74, 6) is 0. The monoisotopic (exact) mass is 318 g/mol. The van der Waals surface area contributed by atoms with Gasteiger partial charge in [0.25, 0.3) is 0 Å². The lowest BCUT2D eigenvalue weighted by atomic mass is 10.1. The molecule has 0 saturated heterocycles. The van der Waals surface area contributed by atoms with Gasteiger partial charge in [0.05, 0.1) is 5.56 Å². The molecular formula is C13H13F3N2S2. The number of thiazole rings is 1. The number of rotatable bonds is 5. The van der Waals surface area contributed by atoms with Crippen molar-refractivity contribution >= 4 is 23.1 Å². The summed E-state index contributed by atoms with van der Waals surface area (Å²) in [5.41, 5.74) is -0.317. The van der Waals surface area contributed by atoms with Crippen LogP contribution in [0.1, 0.15) is 18.1 Å². The van der Waals surface area contributed by atoms with Crippen LogP contribution >= 0.6 is 23.1 Å². The van der Waals surface area contributed by atoms with Gasteiger partial charge in [-0.15, -0.1) is 11.3 Å². The maximum atomic E-state index is 13.1. The fraction of sp³-hybridized carbons (Fsp3) is 0.308. The molecule has 2 aromatic rings. The van der Waals surface area contributed by atoms with Crippen LogP contribution in [0, 0.1) is 0 Å². The maximum absolute atomic E-state index is 13.1. The van der Waals surface area contributed by atoms with Crippen LogP contribution in [-0.4, -0.2) is 11.5 Å².